The summed E-state index contributed by atoms with van der Waals surface area (Å²) in [6, 6.07) is 0. The third kappa shape index (κ3) is 2.39. The molecule has 0 saturated heterocycles. The first-order valence-corrected chi connectivity index (χ1v) is 5.00. The van der Waals surface area contributed by atoms with Crippen LogP contribution in [0.5, 0.6) is 0 Å². The molecule has 0 bridgehead atoms. The van der Waals surface area contributed by atoms with Gasteiger partial charge in [-0.25, -0.2) is 0 Å². The molecule has 1 rings (SSSR count). The average Bonchev–Trinajstić information content (AvgIpc) is 2.16. The Bertz CT molecular complexity index is 264. The second-order valence-corrected chi connectivity index (χ2v) is 4.51. The number of hydrogen-bond donors (Lipinski definition) is 0. The summed E-state index contributed by atoms with van der Waals surface area (Å²) >= 11 is 11.8. The van der Waals surface area contributed by atoms with Gasteiger partial charge in [0.25, 0.3) is 0 Å². The molecule has 13 heavy (non-hydrogen) atoms. The van der Waals surface area contributed by atoms with Crippen LogP contribution in [0.1, 0.15) is 27.7 Å². The van der Waals surface area contributed by atoms with Crippen LogP contribution in [-0.2, 0) is 20.1 Å². The van der Waals surface area contributed by atoms with E-state index in [2.05, 4.69) is 27.7 Å². The summed E-state index contributed by atoms with van der Waals surface area (Å²) < 4.78 is 0. The summed E-state index contributed by atoms with van der Waals surface area (Å²) in [4.78, 5) is -0.354. The van der Waals surface area contributed by atoms with Crippen LogP contribution < -0.4 is 0 Å². The largest absolute Gasteiger partial charge is 3.00 e. The molecule has 0 aromatic carbocycles. The third-order valence-corrected chi connectivity index (χ3v) is 3.41. The van der Waals surface area contributed by atoms with Crippen LogP contribution in [-0.4, -0.2) is 4.84 Å². The Labute approximate surface area is 104 Å². The van der Waals surface area contributed by atoms with Crippen LogP contribution in [0.15, 0.2) is 22.3 Å². The normalized spacial score (nSPS) is 22.8. The summed E-state index contributed by atoms with van der Waals surface area (Å²) in [5, 5.41) is 0. The molecular weight excluding hydrogens is 383 g/mol. The van der Waals surface area contributed by atoms with Gasteiger partial charge in [0, 0.05) is 5.92 Å². The molecule has 1 aliphatic carbocycles. The predicted octanol–water partition coefficient (Wildman–Crippen LogP) is 4.09. The zero-order chi connectivity index (χ0) is 9.46. The maximum absolute atomic E-state index is 5.89. The summed E-state index contributed by atoms with van der Waals surface area (Å²) in [6.45, 7) is 8.52. The van der Waals surface area contributed by atoms with Crippen LogP contribution in [0.4, 0.5) is 0 Å². The molecule has 0 fully saturated rings. The fraction of sp³-hybridized carbons (Fsp3) is 0.600. The van der Waals surface area contributed by atoms with Crippen molar-refractivity contribution in [2.24, 2.45) is 5.92 Å². The summed E-state index contributed by atoms with van der Waals surface area (Å²) in [5.41, 5.74) is 5.20. The van der Waals surface area contributed by atoms with Gasteiger partial charge in [-0.15, -0.1) is 23.2 Å². The van der Waals surface area contributed by atoms with E-state index in [1.165, 1.54) is 22.3 Å². The van der Waals surface area contributed by atoms with Crippen molar-refractivity contribution in [3.8, 4) is 0 Å². The molecule has 1 atom stereocenters. The van der Waals surface area contributed by atoms with E-state index in [1.54, 1.807) is 0 Å². The molecule has 0 aromatic rings. The topological polar surface area (TPSA) is 0 Å². The van der Waals surface area contributed by atoms with Crippen LogP contribution in [0, 0.1) is 5.92 Å². The monoisotopic (exact) mass is 397 g/mol. The molecule has 1 unspecified atom stereocenters. The van der Waals surface area contributed by atoms with Crippen molar-refractivity contribution < 1.29 is 20.1 Å². The number of allylic oxidation sites excluding steroid dienone is 4. The van der Waals surface area contributed by atoms with Gasteiger partial charge in [0.05, 0.1) is 0 Å². The number of alkyl halides is 2. The molecule has 0 amide bonds. The molecule has 0 aromatic heterocycles. The van der Waals surface area contributed by atoms with Gasteiger partial charge in [-0.3, -0.25) is 0 Å². The van der Waals surface area contributed by atoms with Gasteiger partial charge in [-0.05, 0) is 37.5 Å². The van der Waals surface area contributed by atoms with Crippen LogP contribution in [0.3, 0.4) is 0 Å². The Kier molecular flexibility index (Phi) is 5.25. The number of rotatable bonds is 1. The Balaban J connectivity index is 0.00000144. The Morgan fingerprint density at radius 2 is 1.54 bits per heavy atom. The molecule has 1 aliphatic rings. The van der Waals surface area contributed by atoms with Crippen molar-refractivity contribution in [2.75, 3.05) is 0 Å². The minimum absolute atomic E-state index is 0. The fourth-order valence-corrected chi connectivity index (χ4v) is 2.45. The number of halogens is 2. The molecule has 0 nitrogen and oxygen atoms in total. The van der Waals surface area contributed by atoms with Gasteiger partial charge >= 0.3 is 20.1 Å². The second kappa shape index (κ2) is 4.98. The van der Waals surface area contributed by atoms with Crippen molar-refractivity contribution in [1.29, 1.82) is 0 Å². The van der Waals surface area contributed by atoms with Crippen molar-refractivity contribution in [3.05, 3.63) is 22.3 Å². The van der Waals surface area contributed by atoms with E-state index >= 15 is 0 Å². The van der Waals surface area contributed by atoms with Crippen LogP contribution in [0.25, 0.3) is 0 Å². The molecule has 74 valence electrons. The van der Waals surface area contributed by atoms with Crippen LogP contribution in [0.2, 0.25) is 0 Å². The second-order valence-electron chi connectivity index (χ2n) is 3.41. The first-order chi connectivity index (χ1) is 5.46. The Hall–Kier alpha value is 0.709. The first kappa shape index (κ1) is 13.7. The van der Waals surface area contributed by atoms with E-state index < -0.39 is 0 Å². The summed E-state index contributed by atoms with van der Waals surface area (Å²) in [7, 11) is 0. The maximum Gasteiger partial charge on any atom is 3.00 e. The van der Waals surface area contributed by atoms with Crippen molar-refractivity contribution in [2.45, 2.75) is 32.5 Å². The molecule has 0 saturated carbocycles. The summed E-state index contributed by atoms with van der Waals surface area (Å²) in [6.07, 6.45) is 0. The zero-order valence-electron chi connectivity index (χ0n) is 8.24. The molecular formula is C10H14Cl2Ir+3. The van der Waals surface area contributed by atoms with Gasteiger partial charge in [0.15, 0.2) is 0 Å². The zero-order valence-corrected chi connectivity index (χ0v) is 12.2. The van der Waals surface area contributed by atoms with E-state index in [4.69, 9.17) is 23.2 Å². The minimum atomic E-state index is -0.354. The Morgan fingerprint density at radius 1 is 1.08 bits per heavy atom. The SMILES string of the molecule is CC1=C(C)C(C)C(C(Cl)Cl)=C1C.[Ir+3]. The predicted molar refractivity (Wildman–Crippen MR) is 55.7 cm³/mol. The third-order valence-electron chi connectivity index (χ3n) is 2.94. The van der Waals surface area contributed by atoms with Crippen molar-refractivity contribution in [3.63, 3.8) is 0 Å². The van der Waals surface area contributed by atoms with Crippen molar-refractivity contribution in [1.82, 2.24) is 0 Å². The van der Waals surface area contributed by atoms with Gasteiger partial charge in [-0.1, -0.05) is 12.5 Å². The Morgan fingerprint density at radius 3 is 1.69 bits per heavy atom. The van der Waals surface area contributed by atoms with Gasteiger partial charge in [0.2, 0.25) is 0 Å². The standard InChI is InChI=1S/C10H14Cl2.Ir/c1-5-6(2)8(4)9(7(5)3)10(11)12;/h7,10H,1-4H3;/q;+3. The molecule has 0 spiro atoms. The van der Waals surface area contributed by atoms with E-state index in [-0.39, 0.29) is 24.9 Å². The van der Waals surface area contributed by atoms with E-state index in [1.807, 2.05) is 0 Å². The maximum atomic E-state index is 5.89. The van der Waals surface area contributed by atoms with Crippen LogP contribution >= 0.6 is 23.2 Å². The first-order valence-electron chi connectivity index (χ1n) is 4.13. The molecule has 0 heterocycles. The van der Waals surface area contributed by atoms with E-state index in [0.29, 0.717) is 5.92 Å². The molecule has 0 N–H and O–H groups in total. The van der Waals surface area contributed by atoms with Gasteiger partial charge in [0.1, 0.15) is 4.84 Å². The summed E-state index contributed by atoms with van der Waals surface area (Å²) in [5.74, 6) is 0.421. The fourth-order valence-electron chi connectivity index (χ4n) is 1.75. The quantitative estimate of drug-likeness (QED) is 0.585. The van der Waals surface area contributed by atoms with E-state index in [9.17, 15) is 0 Å². The minimum Gasteiger partial charge on any atom is -0.100 e. The smallest absolute Gasteiger partial charge is 0.100 e. The van der Waals surface area contributed by atoms with Gasteiger partial charge in [-0.2, -0.15) is 0 Å². The molecule has 0 aliphatic heterocycles. The van der Waals surface area contributed by atoms with Crippen molar-refractivity contribution >= 4 is 23.2 Å². The molecule has 3 heteroatoms. The van der Waals surface area contributed by atoms with E-state index in [0.717, 1.165) is 0 Å². The number of hydrogen-bond acceptors (Lipinski definition) is 0. The molecule has 0 radical (unpaired) electrons. The average molecular weight is 397 g/mol. The van der Waals surface area contributed by atoms with Gasteiger partial charge < -0.3 is 0 Å².